The van der Waals surface area contributed by atoms with E-state index in [0.717, 1.165) is 12.5 Å². The fraction of sp³-hybridized carbons (Fsp3) is 0.750. The molecule has 0 radical (unpaired) electrons. The van der Waals surface area contributed by atoms with Crippen molar-refractivity contribution in [2.24, 2.45) is 5.92 Å². The van der Waals surface area contributed by atoms with E-state index in [4.69, 9.17) is 0 Å². The molecule has 2 rings (SSSR count). The Morgan fingerprint density at radius 3 is 2.53 bits per heavy atom. The third kappa shape index (κ3) is 4.30. The van der Waals surface area contributed by atoms with Gasteiger partial charge >= 0.3 is 0 Å². The second kappa shape index (κ2) is 7.80. The highest BCUT2D eigenvalue weighted by molar-refractivity contribution is 9.11. The van der Waals surface area contributed by atoms with Gasteiger partial charge in [-0.2, -0.15) is 0 Å². The van der Waals surface area contributed by atoms with Gasteiger partial charge in [0, 0.05) is 10.9 Å². The molecule has 1 aromatic rings. The van der Waals surface area contributed by atoms with Crippen molar-refractivity contribution in [1.29, 1.82) is 0 Å². The van der Waals surface area contributed by atoms with Gasteiger partial charge in [0.05, 0.1) is 3.79 Å². The molecule has 1 N–H and O–H groups in total. The first kappa shape index (κ1) is 15.5. The van der Waals surface area contributed by atoms with Crippen LogP contribution < -0.4 is 5.32 Å². The predicted molar refractivity (Wildman–Crippen MR) is 89.0 cm³/mol. The number of hydrogen-bond donors (Lipinski definition) is 1. The molecule has 1 aliphatic rings. The van der Waals surface area contributed by atoms with E-state index in [1.165, 1.54) is 59.2 Å². The Kier molecular flexibility index (Phi) is 6.37. The molecule has 0 aliphatic heterocycles. The number of rotatable bonds is 5. The Labute approximate surface area is 130 Å². The summed E-state index contributed by atoms with van der Waals surface area (Å²) < 4.78 is 1.31. The van der Waals surface area contributed by atoms with Crippen molar-refractivity contribution in [2.75, 3.05) is 6.54 Å². The van der Waals surface area contributed by atoms with Gasteiger partial charge in [0.15, 0.2) is 0 Å². The average Bonchev–Trinajstić information content (AvgIpc) is 2.61. The smallest absolute Gasteiger partial charge is 0.0731 e. The fourth-order valence-electron chi connectivity index (χ4n) is 3.08. The molecule has 1 atom stereocenters. The van der Waals surface area contributed by atoms with Crippen LogP contribution in [0.3, 0.4) is 0 Å². The van der Waals surface area contributed by atoms with E-state index >= 15 is 0 Å². The van der Waals surface area contributed by atoms with E-state index < -0.39 is 0 Å². The molecule has 0 spiro atoms. The SMILES string of the molecule is CCCNC(c1cc(C)c(Br)s1)C1CCCCCC1. The summed E-state index contributed by atoms with van der Waals surface area (Å²) in [5, 5.41) is 3.81. The number of nitrogens with one attached hydrogen (secondary N) is 1. The normalized spacial score (nSPS) is 19.3. The summed E-state index contributed by atoms with van der Waals surface area (Å²) in [6.45, 7) is 5.59. The standard InChI is InChI=1S/C16H26BrNS/c1-3-10-18-15(13-8-6-4-5-7-9-13)14-11-12(2)16(17)19-14/h11,13,15,18H,3-10H2,1-2H3. The van der Waals surface area contributed by atoms with Crippen LogP contribution in [0.15, 0.2) is 9.85 Å². The summed E-state index contributed by atoms with van der Waals surface area (Å²) in [6.07, 6.45) is 9.72. The minimum Gasteiger partial charge on any atom is -0.309 e. The molecule has 108 valence electrons. The predicted octanol–water partition coefficient (Wildman–Crippen LogP) is 5.83. The van der Waals surface area contributed by atoms with Gasteiger partial charge in [-0.25, -0.2) is 0 Å². The Bertz CT molecular complexity index is 361. The van der Waals surface area contributed by atoms with E-state index in [-0.39, 0.29) is 0 Å². The summed E-state index contributed by atoms with van der Waals surface area (Å²) in [4.78, 5) is 1.53. The third-order valence-corrected chi connectivity index (χ3v) is 6.39. The van der Waals surface area contributed by atoms with Crippen molar-refractivity contribution >= 4 is 27.3 Å². The lowest BCUT2D eigenvalue weighted by atomic mass is 9.90. The van der Waals surface area contributed by atoms with Crippen LogP contribution in [0.2, 0.25) is 0 Å². The zero-order valence-electron chi connectivity index (χ0n) is 12.2. The number of aryl methyl sites for hydroxylation is 1. The topological polar surface area (TPSA) is 12.0 Å². The van der Waals surface area contributed by atoms with Gasteiger partial charge in [0.2, 0.25) is 0 Å². The summed E-state index contributed by atoms with van der Waals surface area (Å²) in [6, 6.07) is 2.96. The van der Waals surface area contributed by atoms with Crippen LogP contribution in [0, 0.1) is 12.8 Å². The first-order valence-electron chi connectivity index (χ1n) is 7.71. The van der Waals surface area contributed by atoms with Gasteiger partial charge in [-0.3, -0.25) is 0 Å². The Morgan fingerprint density at radius 1 is 1.32 bits per heavy atom. The van der Waals surface area contributed by atoms with Crippen molar-refractivity contribution in [1.82, 2.24) is 5.32 Å². The molecule has 1 heterocycles. The largest absolute Gasteiger partial charge is 0.309 e. The molecular formula is C16H26BrNS. The van der Waals surface area contributed by atoms with E-state index in [9.17, 15) is 0 Å². The Hall–Kier alpha value is 0.140. The minimum absolute atomic E-state index is 0.577. The molecule has 1 unspecified atom stereocenters. The minimum atomic E-state index is 0.577. The van der Waals surface area contributed by atoms with Crippen molar-refractivity contribution in [3.63, 3.8) is 0 Å². The zero-order valence-corrected chi connectivity index (χ0v) is 14.6. The van der Waals surface area contributed by atoms with Gasteiger partial charge in [-0.15, -0.1) is 11.3 Å². The molecule has 0 saturated heterocycles. The third-order valence-electron chi connectivity index (χ3n) is 4.17. The molecule has 0 amide bonds. The van der Waals surface area contributed by atoms with Gasteiger partial charge < -0.3 is 5.32 Å². The maximum absolute atomic E-state index is 3.81. The highest BCUT2D eigenvalue weighted by atomic mass is 79.9. The van der Waals surface area contributed by atoms with Gasteiger partial charge in [-0.05, 0) is 66.2 Å². The first-order chi connectivity index (χ1) is 9.22. The van der Waals surface area contributed by atoms with Crippen LogP contribution in [0.1, 0.15) is 68.4 Å². The van der Waals surface area contributed by atoms with Crippen LogP contribution in [0.4, 0.5) is 0 Å². The van der Waals surface area contributed by atoms with Crippen LogP contribution >= 0.6 is 27.3 Å². The summed E-state index contributed by atoms with van der Waals surface area (Å²) in [5.74, 6) is 0.832. The summed E-state index contributed by atoms with van der Waals surface area (Å²) >= 11 is 5.61. The van der Waals surface area contributed by atoms with E-state index in [0.29, 0.717) is 6.04 Å². The van der Waals surface area contributed by atoms with Crippen molar-refractivity contribution < 1.29 is 0 Å². The van der Waals surface area contributed by atoms with Gasteiger partial charge in [0.25, 0.3) is 0 Å². The molecule has 0 bridgehead atoms. The monoisotopic (exact) mass is 343 g/mol. The van der Waals surface area contributed by atoms with Crippen LogP contribution in [-0.4, -0.2) is 6.54 Å². The van der Waals surface area contributed by atoms with Gasteiger partial charge in [0.1, 0.15) is 0 Å². The first-order valence-corrected chi connectivity index (χ1v) is 9.32. The number of halogens is 1. The lowest BCUT2D eigenvalue weighted by molar-refractivity contribution is 0.330. The second-order valence-electron chi connectivity index (χ2n) is 5.79. The highest BCUT2D eigenvalue weighted by Gasteiger charge is 2.25. The van der Waals surface area contributed by atoms with Crippen molar-refractivity contribution in [2.45, 2.75) is 64.8 Å². The molecule has 1 saturated carbocycles. The maximum atomic E-state index is 3.81. The van der Waals surface area contributed by atoms with E-state index in [1.807, 2.05) is 11.3 Å². The molecule has 1 nitrogen and oxygen atoms in total. The van der Waals surface area contributed by atoms with Crippen LogP contribution in [0.25, 0.3) is 0 Å². The van der Waals surface area contributed by atoms with Crippen molar-refractivity contribution in [3.05, 3.63) is 20.3 Å². The highest BCUT2D eigenvalue weighted by Crippen LogP contribution is 2.39. The molecule has 19 heavy (non-hydrogen) atoms. The molecule has 1 aromatic heterocycles. The quantitative estimate of drug-likeness (QED) is 0.663. The Morgan fingerprint density at radius 2 is 2.00 bits per heavy atom. The zero-order chi connectivity index (χ0) is 13.7. The lowest BCUT2D eigenvalue weighted by Gasteiger charge is -2.26. The van der Waals surface area contributed by atoms with Crippen molar-refractivity contribution in [3.8, 4) is 0 Å². The number of thiophene rings is 1. The maximum Gasteiger partial charge on any atom is 0.0731 e. The second-order valence-corrected chi connectivity index (χ2v) is 8.19. The van der Waals surface area contributed by atoms with E-state index in [1.54, 1.807) is 0 Å². The van der Waals surface area contributed by atoms with Crippen LogP contribution in [-0.2, 0) is 0 Å². The van der Waals surface area contributed by atoms with E-state index in [2.05, 4.69) is 41.2 Å². The average molecular weight is 344 g/mol. The Balaban J connectivity index is 2.13. The summed E-state index contributed by atoms with van der Waals surface area (Å²) in [7, 11) is 0. The lowest BCUT2D eigenvalue weighted by Crippen LogP contribution is -2.28. The molecule has 1 aliphatic carbocycles. The molecule has 1 fully saturated rings. The van der Waals surface area contributed by atoms with Crippen LogP contribution in [0.5, 0.6) is 0 Å². The summed E-state index contributed by atoms with van der Waals surface area (Å²) in [5.41, 5.74) is 1.39. The molecule has 3 heteroatoms. The number of hydrogen-bond acceptors (Lipinski definition) is 2. The molecular weight excluding hydrogens is 318 g/mol. The fourth-order valence-corrected chi connectivity index (χ4v) is 4.82. The molecule has 0 aromatic carbocycles. The van der Waals surface area contributed by atoms with Gasteiger partial charge in [-0.1, -0.05) is 32.6 Å².